The molecule has 17 heteroatoms. The second-order valence-electron chi connectivity index (χ2n) is 11.8. The Morgan fingerprint density at radius 2 is 1.54 bits per heavy atom. The maximum Gasteiger partial charge on any atom is 0.490 e. The number of halogens is 6. The number of carboxylic acid groups (broad SMARTS) is 1. The number of hydrogen-bond acceptors (Lipinski definition) is 7. The van der Waals surface area contributed by atoms with E-state index in [-0.39, 0.29) is 23.0 Å². The molecule has 2 aliphatic rings. The summed E-state index contributed by atoms with van der Waals surface area (Å²) in [5, 5.41) is 8.34. The molecule has 2 fully saturated rings. The lowest BCUT2D eigenvalue weighted by molar-refractivity contribution is -0.192. The van der Waals surface area contributed by atoms with Crippen molar-refractivity contribution in [3.8, 4) is 11.6 Å². The molecule has 0 aliphatic carbocycles. The topological polar surface area (TPSA) is 152 Å². The third kappa shape index (κ3) is 8.39. The number of carbonyl (C=O) groups excluding carboxylic acids is 1. The number of nitrogens with zero attached hydrogens (tertiary/aromatic N) is 2. The molecule has 0 spiro atoms. The monoisotopic (exact) mass is 784 g/mol. The number of hydrogen-bond donors (Lipinski definition) is 3. The number of fused-ring (bicyclic) bond motifs is 3. The van der Waals surface area contributed by atoms with Crippen molar-refractivity contribution in [2.45, 2.75) is 66.8 Å². The van der Waals surface area contributed by atoms with Crippen LogP contribution < -0.4 is 15.2 Å². The predicted molar refractivity (Wildman–Crippen MR) is 175 cm³/mol. The van der Waals surface area contributed by atoms with Crippen LogP contribution in [0.1, 0.15) is 31.2 Å². The van der Waals surface area contributed by atoms with Crippen molar-refractivity contribution >= 4 is 48.6 Å². The maximum atomic E-state index is 16.2. The normalized spacial score (nSPS) is 19.7. The van der Waals surface area contributed by atoms with Crippen molar-refractivity contribution in [1.29, 1.82) is 0 Å². The van der Waals surface area contributed by atoms with Gasteiger partial charge in [0.05, 0.1) is 4.90 Å². The van der Waals surface area contributed by atoms with Crippen LogP contribution in [0.2, 0.25) is 0 Å². The van der Waals surface area contributed by atoms with Crippen LogP contribution in [0.25, 0.3) is 10.8 Å². The summed E-state index contributed by atoms with van der Waals surface area (Å²) in [4.78, 5) is 28.1. The number of pyridine rings is 1. The van der Waals surface area contributed by atoms with Crippen LogP contribution in [0.15, 0.2) is 94.4 Å². The highest BCUT2D eigenvalue weighted by molar-refractivity contribution is 9.10. The van der Waals surface area contributed by atoms with E-state index < -0.39 is 45.6 Å². The van der Waals surface area contributed by atoms with E-state index in [1.807, 2.05) is 0 Å². The molecular weight excluding hydrogens is 755 g/mol. The van der Waals surface area contributed by atoms with Crippen molar-refractivity contribution in [3.05, 3.63) is 95.1 Å². The lowest BCUT2D eigenvalue weighted by atomic mass is 9.95. The molecule has 3 atom stereocenters. The highest BCUT2D eigenvalue weighted by Gasteiger charge is 2.53. The van der Waals surface area contributed by atoms with Crippen molar-refractivity contribution < 1.29 is 49.8 Å². The van der Waals surface area contributed by atoms with Gasteiger partial charge in [-0.15, -0.1) is 0 Å². The first-order valence-corrected chi connectivity index (χ1v) is 17.4. The van der Waals surface area contributed by atoms with E-state index in [1.165, 1.54) is 41.3 Å². The summed E-state index contributed by atoms with van der Waals surface area (Å²) < 4.78 is 99.9. The molecule has 2 bridgehead atoms. The fourth-order valence-electron chi connectivity index (χ4n) is 6.03. The largest absolute Gasteiger partial charge is 0.490 e. The Kier molecular flexibility index (Phi) is 10.8. The number of carboxylic acids is 1. The van der Waals surface area contributed by atoms with Gasteiger partial charge >= 0.3 is 12.1 Å². The Bertz CT molecular complexity index is 1960. The molecule has 1 aromatic heterocycles. The smallest absolute Gasteiger partial charge is 0.475 e. The minimum atomic E-state index is -5.08. The predicted octanol–water partition coefficient (Wildman–Crippen LogP) is 6.34. The fourth-order valence-corrected chi connectivity index (χ4v) is 7.52. The van der Waals surface area contributed by atoms with Crippen LogP contribution in [0.4, 0.5) is 22.0 Å². The number of aliphatic carboxylic acids is 1. The maximum absolute atomic E-state index is 16.2. The molecule has 1 amide bonds. The van der Waals surface area contributed by atoms with E-state index in [1.54, 1.807) is 48.7 Å². The lowest BCUT2D eigenvalue weighted by Gasteiger charge is -2.41. The molecule has 3 unspecified atom stereocenters. The first kappa shape index (κ1) is 37.1. The van der Waals surface area contributed by atoms with Gasteiger partial charge in [-0.1, -0.05) is 46.3 Å². The van der Waals surface area contributed by atoms with Gasteiger partial charge in [0.25, 0.3) is 5.92 Å². The number of carbonyl (C=O) groups is 2. The van der Waals surface area contributed by atoms with E-state index in [0.717, 1.165) is 0 Å². The summed E-state index contributed by atoms with van der Waals surface area (Å²) in [6.45, 7) is 0. The van der Waals surface area contributed by atoms with E-state index >= 15 is 8.78 Å². The van der Waals surface area contributed by atoms with Crippen LogP contribution >= 0.6 is 15.9 Å². The van der Waals surface area contributed by atoms with Gasteiger partial charge in [-0.05, 0) is 78.9 Å². The van der Waals surface area contributed by atoms with Gasteiger partial charge in [0.15, 0.2) is 6.04 Å². The number of nitrogens with two attached hydrogens (primary N) is 1. The molecule has 266 valence electrons. The van der Waals surface area contributed by atoms with E-state index in [2.05, 4.69) is 25.6 Å². The van der Waals surface area contributed by atoms with Crippen LogP contribution in [0, 0.1) is 0 Å². The number of nitrogens with one attached hydrogen (secondary N) is 1. The first-order valence-electron chi connectivity index (χ1n) is 15.1. The molecule has 4 aromatic rings. The summed E-state index contributed by atoms with van der Waals surface area (Å²) in [6, 6.07) is 16.7. The van der Waals surface area contributed by atoms with Crippen molar-refractivity contribution in [3.63, 3.8) is 0 Å². The third-order valence-corrected chi connectivity index (χ3v) is 10.3. The Morgan fingerprint density at radius 1 is 0.940 bits per heavy atom. The zero-order valence-electron chi connectivity index (χ0n) is 25.9. The Morgan fingerprint density at radius 3 is 2.12 bits per heavy atom. The van der Waals surface area contributed by atoms with Gasteiger partial charge in [0.1, 0.15) is 5.75 Å². The quantitative estimate of drug-likeness (QED) is 0.175. The molecule has 2 saturated heterocycles. The summed E-state index contributed by atoms with van der Waals surface area (Å²) in [5.41, 5.74) is 5.67. The van der Waals surface area contributed by atoms with Crippen molar-refractivity contribution in [1.82, 2.24) is 14.6 Å². The molecule has 10 nitrogen and oxygen atoms in total. The Hall–Kier alpha value is -4.19. The van der Waals surface area contributed by atoms with Crippen LogP contribution in [0.5, 0.6) is 11.6 Å². The zero-order chi connectivity index (χ0) is 36.4. The second kappa shape index (κ2) is 14.6. The van der Waals surface area contributed by atoms with E-state index in [4.69, 9.17) is 20.4 Å². The number of piperidine rings is 1. The minimum absolute atomic E-state index is 0.129. The SMILES string of the molecule is NC1CC2CCC(C1)N2C(=O)C(NS(=O)(=O)c1ccc2cc(Oc3ccccn3)ccc2c1)C(F)(F)c1ccc(Br)cc1.O=C(O)C(F)(F)F. The summed E-state index contributed by atoms with van der Waals surface area (Å²) in [5.74, 6) is -6.66. The lowest BCUT2D eigenvalue weighted by Crippen LogP contribution is -2.60. The highest BCUT2D eigenvalue weighted by atomic mass is 79.9. The van der Waals surface area contributed by atoms with Crippen LogP contribution in [-0.4, -0.2) is 65.6 Å². The number of rotatable bonds is 8. The summed E-state index contributed by atoms with van der Waals surface area (Å²) in [7, 11) is -4.57. The van der Waals surface area contributed by atoms with Gasteiger partial charge in [-0.25, -0.2) is 18.2 Å². The van der Waals surface area contributed by atoms with Gasteiger partial charge in [-0.2, -0.15) is 26.7 Å². The number of alkyl halides is 5. The van der Waals surface area contributed by atoms with Crippen LogP contribution in [-0.2, 0) is 25.5 Å². The third-order valence-electron chi connectivity index (χ3n) is 8.33. The fraction of sp³-hybridized carbons (Fsp3) is 0.303. The number of sulfonamides is 1. The number of amides is 1. The molecule has 50 heavy (non-hydrogen) atoms. The van der Waals surface area contributed by atoms with Gasteiger partial charge in [0.2, 0.25) is 21.8 Å². The minimum Gasteiger partial charge on any atom is -0.475 e. The van der Waals surface area contributed by atoms with Gasteiger partial charge < -0.3 is 20.5 Å². The molecule has 2 aliphatic heterocycles. The van der Waals surface area contributed by atoms with Gasteiger partial charge in [0, 0.05) is 40.4 Å². The molecule has 0 saturated carbocycles. The van der Waals surface area contributed by atoms with Crippen molar-refractivity contribution in [2.75, 3.05) is 0 Å². The molecule has 6 rings (SSSR count). The molecule has 4 N–H and O–H groups in total. The average Bonchev–Trinajstić information content (AvgIpc) is 3.33. The number of benzene rings is 3. The molecule has 3 heterocycles. The summed E-state index contributed by atoms with van der Waals surface area (Å²) in [6.07, 6.45) is -1.22. The van der Waals surface area contributed by atoms with E-state index in [9.17, 15) is 26.4 Å². The molecule has 3 aromatic carbocycles. The molecule has 0 radical (unpaired) electrons. The van der Waals surface area contributed by atoms with Crippen molar-refractivity contribution in [2.24, 2.45) is 5.73 Å². The molecular formula is C33H30BrF5N4O6S. The Labute approximate surface area is 291 Å². The Balaban J connectivity index is 0.000000630. The van der Waals surface area contributed by atoms with E-state index in [0.29, 0.717) is 52.6 Å². The zero-order valence-corrected chi connectivity index (χ0v) is 28.3. The van der Waals surface area contributed by atoms with Gasteiger partial charge in [-0.3, -0.25) is 4.79 Å². The number of aromatic nitrogens is 1. The highest BCUT2D eigenvalue weighted by Crippen LogP contribution is 2.40. The second-order valence-corrected chi connectivity index (χ2v) is 14.4. The average molecular weight is 786 g/mol. The summed E-state index contributed by atoms with van der Waals surface area (Å²) >= 11 is 3.24. The first-order chi connectivity index (χ1) is 23.5. The number of ether oxygens (including phenoxy) is 1. The standard InChI is InChI=1S/C31H29BrF2N4O4S.C2HF3O2/c32-22-8-6-21(7-9-22)31(33,34)29(30(39)38-24-10-11-25(38)18-23(35)17-24)37-43(40,41)27-13-5-19-15-26(12-4-20(19)16-27)42-28-3-1-2-14-36-28;3-2(4,5)1(6)7/h1-9,12-16,23-25,29,37H,10-11,17-18,35H2;(H,6,7). The van der Waals surface area contributed by atoms with Crippen LogP contribution in [0.3, 0.4) is 0 Å².